The van der Waals surface area contributed by atoms with Gasteiger partial charge in [0.2, 0.25) is 6.29 Å². The van der Waals surface area contributed by atoms with E-state index in [4.69, 9.17) is 28.4 Å². The van der Waals surface area contributed by atoms with Crippen molar-refractivity contribution in [1.29, 1.82) is 0 Å². The number of aliphatic hydroxyl groups is 7. The summed E-state index contributed by atoms with van der Waals surface area (Å²) >= 11 is 0. The molecule has 0 amide bonds. The van der Waals surface area contributed by atoms with Crippen molar-refractivity contribution in [2.45, 2.75) is 87.3 Å². The molecule has 0 aliphatic carbocycles. The van der Waals surface area contributed by atoms with Crippen LogP contribution in [0, 0.1) is 0 Å². The predicted molar refractivity (Wildman–Crippen MR) is 151 cm³/mol. The Labute approximate surface area is 258 Å². The van der Waals surface area contributed by atoms with Gasteiger partial charge in [-0.3, -0.25) is 0 Å². The number of hydrogen-bond acceptors (Lipinski definition) is 15. The van der Waals surface area contributed by atoms with Crippen molar-refractivity contribution in [3.05, 3.63) is 53.6 Å². The maximum Gasteiger partial charge on any atom is 0.338 e. The van der Waals surface area contributed by atoms with Gasteiger partial charge >= 0.3 is 5.97 Å². The summed E-state index contributed by atoms with van der Waals surface area (Å²) < 4.78 is 33.0. The molecule has 2 saturated heterocycles. The third kappa shape index (κ3) is 8.39. The maximum atomic E-state index is 12.9. The molecular weight excluding hydrogens is 600 g/mol. The van der Waals surface area contributed by atoms with Crippen molar-refractivity contribution in [1.82, 2.24) is 0 Å². The molecule has 2 aliphatic rings. The summed E-state index contributed by atoms with van der Waals surface area (Å²) in [6.45, 7) is 0.604. The lowest BCUT2D eigenvalue weighted by Crippen LogP contribution is -2.60. The molecule has 15 heteroatoms. The normalized spacial score (nSPS) is 32.5. The average Bonchev–Trinajstić information content (AvgIpc) is 3.04. The van der Waals surface area contributed by atoms with Gasteiger partial charge in [0, 0.05) is 0 Å². The van der Waals surface area contributed by atoms with Gasteiger partial charge in [0.05, 0.1) is 25.4 Å². The Bertz CT molecular complexity index is 1240. The maximum absolute atomic E-state index is 12.9. The third-order valence-corrected chi connectivity index (χ3v) is 7.68. The number of hydrogen-bond donors (Lipinski definition) is 8. The number of methoxy groups -OCH3 is 1. The number of phenols is 1. The zero-order valence-corrected chi connectivity index (χ0v) is 24.7. The Hall–Kier alpha value is -3.09. The quantitative estimate of drug-likeness (QED) is 0.124. The summed E-state index contributed by atoms with van der Waals surface area (Å²) in [5.74, 6) is -0.688. The second-order valence-electron chi connectivity index (χ2n) is 10.9. The topological polar surface area (TPSA) is 234 Å². The zero-order chi connectivity index (χ0) is 32.8. The van der Waals surface area contributed by atoms with Crippen LogP contribution in [0.3, 0.4) is 0 Å². The molecule has 2 aromatic carbocycles. The minimum atomic E-state index is -1.66. The van der Waals surface area contributed by atoms with Crippen LogP contribution >= 0.6 is 0 Å². The first-order chi connectivity index (χ1) is 21.4. The van der Waals surface area contributed by atoms with Crippen LogP contribution in [0.5, 0.6) is 17.2 Å². The predicted octanol–water partition coefficient (Wildman–Crippen LogP) is -1.42. The van der Waals surface area contributed by atoms with E-state index in [0.29, 0.717) is 12.8 Å². The van der Waals surface area contributed by atoms with Crippen LogP contribution in [0.25, 0.3) is 0 Å². The molecular formula is C30H40O15. The Kier molecular flexibility index (Phi) is 12.0. The van der Waals surface area contributed by atoms with Crippen molar-refractivity contribution in [2.24, 2.45) is 0 Å². The Balaban J connectivity index is 1.34. The fraction of sp³-hybridized carbons (Fsp3) is 0.567. The molecule has 0 unspecified atom stereocenters. The molecule has 0 spiro atoms. The molecule has 2 fully saturated rings. The highest BCUT2D eigenvalue weighted by Gasteiger charge is 2.46. The number of esters is 1. The van der Waals surface area contributed by atoms with E-state index < -0.39 is 86.7 Å². The monoisotopic (exact) mass is 640 g/mol. The first kappa shape index (κ1) is 34.8. The molecule has 2 aliphatic heterocycles. The molecule has 2 aromatic rings. The van der Waals surface area contributed by atoms with Gasteiger partial charge in [0.25, 0.3) is 0 Å². The van der Waals surface area contributed by atoms with Crippen LogP contribution in [-0.2, 0) is 25.4 Å². The van der Waals surface area contributed by atoms with Gasteiger partial charge in [0.1, 0.15) is 61.2 Å². The van der Waals surface area contributed by atoms with E-state index >= 15 is 0 Å². The number of aliphatic hydroxyl groups excluding tert-OH is 7. The minimum absolute atomic E-state index is 0.000970. The molecule has 4 rings (SSSR count). The number of carbonyl (C=O) groups is 1. The van der Waals surface area contributed by atoms with E-state index in [1.807, 2.05) is 0 Å². The Morgan fingerprint density at radius 3 is 2.09 bits per heavy atom. The van der Waals surface area contributed by atoms with E-state index in [1.54, 1.807) is 31.2 Å². The number of rotatable bonds is 12. The fourth-order valence-corrected chi connectivity index (χ4v) is 4.92. The summed E-state index contributed by atoms with van der Waals surface area (Å²) in [6.07, 6.45) is -14.2. The van der Waals surface area contributed by atoms with Crippen molar-refractivity contribution in [2.75, 3.05) is 20.3 Å². The zero-order valence-electron chi connectivity index (χ0n) is 24.7. The highest BCUT2D eigenvalue weighted by molar-refractivity contribution is 5.90. The largest absolute Gasteiger partial charge is 0.508 e. The van der Waals surface area contributed by atoms with Gasteiger partial charge < -0.3 is 69.3 Å². The van der Waals surface area contributed by atoms with Crippen LogP contribution < -0.4 is 9.47 Å². The number of benzene rings is 2. The Morgan fingerprint density at radius 1 is 0.822 bits per heavy atom. The van der Waals surface area contributed by atoms with Crippen LogP contribution in [0.15, 0.2) is 42.5 Å². The van der Waals surface area contributed by atoms with Gasteiger partial charge in [-0.1, -0.05) is 12.1 Å². The molecule has 15 nitrogen and oxygen atoms in total. The first-order valence-electron chi connectivity index (χ1n) is 14.4. The Morgan fingerprint density at radius 2 is 1.44 bits per heavy atom. The van der Waals surface area contributed by atoms with Crippen LogP contribution in [0.2, 0.25) is 0 Å². The van der Waals surface area contributed by atoms with E-state index in [2.05, 4.69) is 0 Å². The highest BCUT2D eigenvalue weighted by atomic mass is 16.7. The average molecular weight is 641 g/mol. The number of carbonyl (C=O) groups excluding carboxylic acids is 1. The minimum Gasteiger partial charge on any atom is -0.508 e. The molecule has 0 aromatic heterocycles. The van der Waals surface area contributed by atoms with Crippen molar-refractivity contribution in [3.63, 3.8) is 0 Å². The SMILES string of the molecule is COc1cc(C(=O)OC[C@H]2O[C@@H](O[C@H](C)CCc3ccc(O)cc3)[C@H](O)[C@@H](O)[C@@H]2O)ccc1O[C@@H]1O[C@H](CO)[C@@H](O)[C@H](O)[C@H]1O. The number of phenolic OH excluding ortho intramolecular Hbond substituents is 1. The van der Waals surface area contributed by atoms with Crippen LogP contribution in [0.4, 0.5) is 0 Å². The summed E-state index contributed by atoms with van der Waals surface area (Å²) in [5, 5.41) is 80.3. The van der Waals surface area contributed by atoms with Gasteiger partial charge in [-0.2, -0.15) is 0 Å². The van der Waals surface area contributed by atoms with Crippen molar-refractivity contribution in [3.8, 4) is 17.2 Å². The first-order valence-corrected chi connectivity index (χ1v) is 14.4. The smallest absolute Gasteiger partial charge is 0.338 e. The second-order valence-corrected chi connectivity index (χ2v) is 10.9. The van der Waals surface area contributed by atoms with Crippen molar-refractivity contribution < 1.29 is 74.1 Å². The van der Waals surface area contributed by atoms with Gasteiger partial charge in [-0.15, -0.1) is 0 Å². The van der Waals surface area contributed by atoms with E-state index in [9.17, 15) is 45.6 Å². The second kappa shape index (κ2) is 15.5. The molecule has 0 bridgehead atoms. The van der Waals surface area contributed by atoms with E-state index in [0.717, 1.165) is 5.56 Å². The summed E-state index contributed by atoms with van der Waals surface area (Å²) in [7, 11) is 1.29. The lowest BCUT2D eigenvalue weighted by atomic mass is 9.99. The number of ether oxygens (including phenoxy) is 6. The van der Waals surface area contributed by atoms with Crippen molar-refractivity contribution >= 4 is 5.97 Å². The standard InChI is InChI=1S/C30H40O15/c1-14(3-4-15-5-8-17(32)9-6-15)42-29-26(37)25(36)23(34)21(45-29)13-41-28(39)16-7-10-18(19(11-16)40-2)43-30-27(38)24(35)22(33)20(12-31)44-30/h5-11,14,20-27,29-38H,3-4,12-13H2,1-2H3/t14-,20-,21-,22-,23-,24+,25+,26-,27-,29-,30-/m1/s1. The molecule has 250 valence electrons. The summed E-state index contributed by atoms with van der Waals surface area (Å²) in [5.41, 5.74) is 0.952. The molecule has 0 radical (unpaired) electrons. The number of aryl methyl sites for hydroxylation is 1. The molecule has 8 N–H and O–H groups in total. The summed E-state index contributed by atoms with van der Waals surface area (Å²) in [6, 6.07) is 10.6. The van der Waals surface area contributed by atoms with Gasteiger partial charge in [-0.25, -0.2) is 4.79 Å². The molecule has 2 heterocycles. The highest BCUT2D eigenvalue weighted by Crippen LogP contribution is 2.32. The summed E-state index contributed by atoms with van der Waals surface area (Å²) in [4.78, 5) is 12.9. The molecule has 45 heavy (non-hydrogen) atoms. The molecule has 0 saturated carbocycles. The van der Waals surface area contributed by atoms with E-state index in [-0.39, 0.29) is 22.8 Å². The lowest BCUT2D eigenvalue weighted by molar-refractivity contribution is -0.310. The van der Waals surface area contributed by atoms with Gasteiger partial charge in [-0.05, 0) is 55.7 Å². The molecule has 11 atom stereocenters. The lowest BCUT2D eigenvalue weighted by Gasteiger charge is -2.40. The van der Waals surface area contributed by atoms with E-state index in [1.165, 1.54) is 25.3 Å². The third-order valence-electron chi connectivity index (χ3n) is 7.68. The van der Waals surface area contributed by atoms with Crippen LogP contribution in [0.1, 0.15) is 29.3 Å². The van der Waals surface area contributed by atoms with Gasteiger partial charge in [0.15, 0.2) is 17.8 Å². The number of aromatic hydroxyl groups is 1. The fourth-order valence-electron chi connectivity index (χ4n) is 4.92. The van der Waals surface area contributed by atoms with Crippen LogP contribution in [-0.4, -0.2) is 135 Å².